The number of rotatable bonds is 13. The topological polar surface area (TPSA) is 119 Å². The normalized spacial score (nSPS) is 13.7. The van der Waals surface area contributed by atoms with Crippen molar-refractivity contribution in [3.8, 4) is 17.6 Å². The first-order chi connectivity index (χ1) is 21.7. The lowest BCUT2D eigenvalue weighted by atomic mass is 10.2. The number of ether oxygens (including phenoxy) is 4. The Kier molecular flexibility index (Phi) is 9.38. The minimum atomic E-state index is -0.464. The SMILES string of the molecule is CCOC(=O)c1cnn(-c2nc(OCc3ccccc3)c3c(ncn3Cc3ccc(OCCCN4CCOCC4)cc3)n2)c1. The van der Waals surface area contributed by atoms with Crippen LogP contribution in [0.2, 0.25) is 0 Å². The van der Waals surface area contributed by atoms with Crippen LogP contribution in [0.25, 0.3) is 17.1 Å². The van der Waals surface area contributed by atoms with Crippen LogP contribution in [0.1, 0.15) is 34.8 Å². The quantitative estimate of drug-likeness (QED) is 0.146. The molecule has 1 aliphatic rings. The fourth-order valence-electron chi connectivity index (χ4n) is 4.93. The Bertz CT molecular complexity index is 1660. The van der Waals surface area contributed by atoms with E-state index in [1.54, 1.807) is 13.3 Å². The smallest absolute Gasteiger partial charge is 0.341 e. The number of carbonyl (C=O) groups excluding carboxylic acids is 1. The molecule has 0 aliphatic carbocycles. The van der Waals surface area contributed by atoms with Crippen LogP contribution in [-0.2, 0) is 22.6 Å². The van der Waals surface area contributed by atoms with Gasteiger partial charge in [-0.2, -0.15) is 15.1 Å². The summed E-state index contributed by atoms with van der Waals surface area (Å²) < 4.78 is 26.1. The van der Waals surface area contributed by atoms with Crippen molar-refractivity contribution in [2.24, 2.45) is 0 Å². The summed E-state index contributed by atoms with van der Waals surface area (Å²) >= 11 is 0. The molecule has 5 aromatic rings. The predicted octanol–water partition coefficient (Wildman–Crippen LogP) is 3.92. The zero-order chi connectivity index (χ0) is 30.1. The highest BCUT2D eigenvalue weighted by atomic mass is 16.5. The van der Waals surface area contributed by atoms with Crippen molar-refractivity contribution in [3.05, 3.63) is 90.0 Å². The third-order valence-corrected chi connectivity index (χ3v) is 7.21. The molecule has 6 rings (SSSR count). The maximum Gasteiger partial charge on any atom is 0.341 e. The largest absolute Gasteiger partial charge is 0.494 e. The lowest BCUT2D eigenvalue weighted by Crippen LogP contribution is -2.37. The van der Waals surface area contributed by atoms with Gasteiger partial charge in [-0.1, -0.05) is 42.5 Å². The molecule has 0 radical (unpaired) electrons. The summed E-state index contributed by atoms with van der Waals surface area (Å²) in [5.41, 5.74) is 3.47. The predicted molar refractivity (Wildman–Crippen MR) is 162 cm³/mol. The Morgan fingerprint density at radius 2 is 1.80 bits per heavy atom. The molecule has 0 bridgehead atoms. The molecule has 0 amide bonds. The fraction of sp³-hybridized carbons (Fsp3) is 0.344. The number of esters is 1. The van der Waals surface area contributed by atoms with Crippen LogP contribution in [0, 0.1) is 0 Å². The number of hydrogen-bond acceptors (Lipinski definition) is 10. The lowest BCUT2D eigenvalue weighted by molar-refractivity contribution is 0.0358. The van der Waals surface area contributed by atoms with Crippen molar-refractivity contribution in [3.63, 3.8) is 0 Å². The van der Waals surface area contributed by atoms with Gasteiger partial charge in [-0.15, -0.1) is 0 Å². The summed E-state index contributed by atoms with van der Waals surface area (Å²) in [5, 5.41) is 4.27. The second-order valence-electron chi connectivity index (χ2n) is 10.3. The first kappa shape index (κ1) is 29.3. The van der Waals surface area contributed by atoms with Gasteiger partial charge in [0.1, 0.15) is 12.4 Å². The molecule has 0 saturated carbocycles. The van der Waals surface area contributed by atoms with Crippen LogP contribution in [0.4, 0.5) is 0 Å². The van der Waals surface area contributed by atoms with Crippen molar-refractivity contribution in [1.82, 2.24) is 34.2 Å². The molecule has 44 heavy (non-hydrogen) atoms. The molecule has 228 valence electrons. The van der Waals surface area contributed by atoms with Crippen molar-refractivity contribution in [2.45, 2.75) is 26.5 Å². The van der Waals surface area contributed by atoms with Gasteiger partial charge in [0, 0.05) is 32.4 Å². The van der Waals surface area contributed by atoms with E-state index in [4.69, 9.17) is 23.9 Å². The Morgan fingerprint density at radius 1 is 0.977 bits per heavy atom. The highest BCUT2D eigenvalue weighted by Gasteiger charge is 2.19. The monoisotopic (exact) mass is 597 g/mol. The highest BCUT2D eigenvalue weighted by molar-refractivity contribution is 5.88. The minimum absolute atomic E-state index is 0.233. The third-order valence-electron chi connectivity index (χ3n) is 7.21. The summed E-state index contributed by atoms with van der Waals surface area (Å²) in [6, 6.07) is 17.9. The van der Waals surface area contributed by atoms with Crippen LogP contribution in [0.5, 0.6) is 11.6 Å². The first-order valence-electron chi connectivity index (χ1n) is 14.8. The number of benzene rings is 2. The van der Waals surface area contributed by atoms with Crippen molar-refractivity contribution in [2.75, 3.05) is 46.1 Å². The molecule has 0 atom stereocenters. The van der Waals surface area contributed by atoms with Gasteiger partial charge < -0.3 is 23.5 Å². The fourth-order valence-corrected chi connectivity index (χ4v) is 4.93. The van der Waals surface area contributed by atoms with E-state index < -0.39 is 5.97 Å². The Balaban J connectivity index is 1.18. The number of morpholine rings is 1. The van der Waals surface area contributed by atoms with E-state index in [0.29, 0.717) is 42.4 Å². The number of imidazole rings is 1. The average molecular weight is 598 g/mol. The second-order valence-corrected chi connectivity index (χ2v) is 10.3. The first-order valence-corrected chi connectivity index (χ1v) is 14.8. The van der Waals surface area contributed by atoms with E-state index in [0.717, 1.165) is 56.1 Å². The Morgan fingerprint density at radius 3 is 2.59 bits per heavy atom. The average Bonchev–Trinajstić information content (AvgIpc) is 3.72. The lowest BCUT2D eigenvalue weighted by Gasteiger charge is -2.26. The van der Waals surface area contributed by atoms with Gasteiger partial charge >= 0.3 is 5.97 Å². The maximum absolute atomic E-state index is 12.2. The van der Waals surface area contributed by atoms with E-state index >= 15 is 0 Å². The molecule has 1 aliphatic heterocycles. The van der Waals surface area contributed by atoms with Gasteiger partial charge in [-0.25, -0.2) is 14.5 Å². The number of fused-ring (bicyclic) bond motifs is 1. The zero-order valence-corrected chi connectivity index (χ0v) is 24.7. The van der Waals surface area contributed by atoms with Gasteiger partial charge in [0.05, 0.1) is 44.5 Å². The molecule has 0 unspecified atom stereocenters. The molecule has 3 aromatic heterocycles. The molecule has 0 spiro atoms. The molecule has 1 saturated heterocycles. The minimum Gasteiger partial charge on any atom is -0.494 e. The molecular weight excluding hydrogens is 562 g/mol. The number of carbonyl (C=O) groups is 1. The molecule has 12 nitrogen and oxygen atoms in total. The van der Waals surface area contributed by atoms with Gasteiger partial charge in [0.15, 0.2) is 11.2 Å². The van der Waals surface area contributed by atoms with Crippen molar-refractivity contribution < 1.29 is 23.7 Å². The zero-order valence-electron chi connectivity index (χ0n) is 24.7. The van der Waals surface area contributed by atoms with E-state index in [2.05, 4.69) is 20.0 Å². The van der Waals surface area contributed by atoms with Crippen LogP contribution in [0.15, 0.2) is 73.3 Å². The molecule has 12 heteroatoms. The van der Waals surface area contributed by atoms with Gasteiger partial charge in [0.25, 0.3) is 5.95 Å². The Hall–Kier alpha value is -4.81. The molecular formula is C32H35N7O5. The highest BCUT2D eigenvalue weighted by Crippen LogP contribution is 2.26. The van der Waals surface area contributed by atoms with E-state index in [-0.39, 0.29) is 12.6 Å². The molecule has 2 aromatic carbocycles. The van der Waals surface area contributed by atoms with Gasteiger partial charge in [-0.3, -0.25) is 4.90 Å². The summed E-state index contributed by atoms with van der Waals surface area (Å²) in [6.07, 6.45) is 5.65. The number of hydrogen-bond donors (Lipinski definition) is 0. The van der Waals surface area contributed by atoms with Crippen LogP contribution < -0.4 is 9.47 Å². The Labute approximate surface area is 255 Å². The molecule has 0 N–H and O–H groups in total. The third kappa shape index (κ3) is 7.21. The molecule has 4 heterocycles. The van der Waals surface area contributed by atoms with E-state index in [1.165, 1.54) is 17.1 Å². The van der Waals surface area contributed by atoms with Crippen LogP contribution >= 0.6 is 0 Å². The summed E-state index contributed by atoms with van der Waals surface area (Å²) in [4.78, 5) is 28.5. The van der Waals surface area contributed by atoms with Crippen molar-refractivity contribution >= 4 is 17.1 Å². The van der Waals surface area contributed by atoms with Crippen LogP contribution in [-0.4, -0.2) is 86.2 Å². The van der Waals surface area contributed by atoms with Gasteiger partial charge in [0.2, 0.25) is 5.88 Å². The standard InChI is InChI=1S/C32H35N7O5/c1-2-42-31(40)26-19-34-39(21-26)32-35-29-28(30(36-32)44-22-25-7-4-3-5-8-25)38(23-33-29)20-24-9-11-27(12-10-24)43-16-6-13-37-14-17-41-18-15-37/h3-5,7-12,19,21,23H,2,6,13-18,20,22H2,1H3. The summed E-state index contributed by atoms with van der Waals surface area (Å²) in [6.45, 7) is 8.15. The maximum atomic E-state index is 12.2. The van der Waals surface area contributed by atoms with Crippen molar-refractivity contribution in [1.29, 1.82) is 0 Å². The number of aromatic nitrogens is 6. The number of nitrogens with zero attached hydrogens (tertiary/aromatic N) is 7. The van der Waals surface area contributed by atoms with Gasteiger partial charge in [-0.05, 0) is 36.6 Å². The second kappa shape index (κ2) is 14.1. The van der Waals surface area contributed by atoms with E-state index in [1.807, 2.05) is 59.2 Å². The molecule has 1 fully saturated rings. The van der Waals surface area contributed by atoms with E-state index in [9.17, 15) is 4.79 Å². The summed E-state index contributed by atoms with van der Waals surface area (Å²) in [5.74, 6) is 0.970. The summed E-state index contributed by atoms with van der Waals surface area (Å²) in [7, 11) is 0. The van der Waals surface area contributed by atoms with Crippen LogP contribution in [0.3, 0.4) is 0 Å².